The summed E-state index contributed by atoms with van der Waals surface area (Å²) in [6, 6.07) is 9.21. The molecule has 0 spiro atoms. The maximum Gasteiger partial charge on any atom is 0.282 e. The zero-order valence-electron chi connectivity index (χ0n) is 20.6. The number of amides is 2. The molecule has 10 nitrogen and oxygen atoms in total. The zero-order valence-corrected chi connectivity index (χ0v) is 20.6. The van der Waals surface area contributed by atoms with E-state index in [-0.39, 0.29) is 23.5 Å². The number of hydrogen-bond donors (Lipinski definition) is 1. The molecule has 2 amide bonds. The summed E-state index contributed by atoms with van der Waals surface area (Å²) in [6.07, 6.45) is 5.69. The van der Waals surface area contributed by atoms with Crippen LogP contribution in [0.4, 0.5) is 0 Å². The van der Waals surface area contributed by atoms with Crippen molar-refractivity contribution >= 4 is 11.8 Å². The van der Waals surface area contributed by atoms with Gasteiger partial charge in [-0.2, -0.15) is 9.78 Å². The number of rotatable bonds is 7. The molecular weight excluding hydrogens is 460 g/mol. The highest BCUT2D eigenvalue weighted by Gasteiger charge is 2.29. The van der Waals surface area contributed by atoms with E-state index in [1.165, 1.54) is 4.68 Å². The van der Waals surface area contributed by atoms with E-state index in [2.05, 4.69) is 15.3 Å². The Hall–Kier alpha value is -3.50. The number of hydrogen-bond acceptors (Lipinski definition) is 6. The van der Waals surface area contributed by atoms with Gasteiger partial charge in [-0.05, 0) is 31.9 Å². The van der Waals surface area contributed by atoms with E-state index in [1.54, 1.807) is 17.3 Å². The van der Waals surface area contributed by atoms with Crippen LogP contribution in [0, 0.1) is 0 Å². The summed E-state index contributed by atoms with van der Waals surface area (Å²) in [6.45, 7) is 6.44. The van der Waals surface area contributed by atoms with Crippen molar-refractivity contribution in [1.82, 2.24) is 29.5 Å². The molecule has 36 heavy (non-hydrogen) atoms. The molecule has 10 heteroatoms. The van der Waals surface area contributed by atoms with Crippen LogP contribution in [-0.2, 0) is 16.1 Å². The Morgan fingerprint density at radius 1 is 1.11 bits per heavy atom. The maximum atomic E-state index is 13.6. The van der Waals surface area contributed by atoms with E-state index in [0.29, 0.717) is 68.3 Å². The first-order valence-corrected chi connectivity index (χ1v) is 12.6. The summed E-state index contributed by atoms with van der Waals surface area (Å²) in [7, 11) is 0. The molecule has 2 saturated heterocycles. The molecule has 0 aliphatic carbocycles. The average molecular weight is 493 g/mol. The van der Waals surface area contributed by atoms with E-state index in [1.807, 2.05) is 41.8 Å². The molecule has 0 unspecified atom stereocenters. The lowest BCUT2D eigenvalue weighted by Crippen LogP contribution is -2.51. The lowest BCUT2D eigenvalue weighted by Gasteiger charge is -2.34. The molecule has 4 heterocycles. The van der Waals surface area contributed by atoms with Crippen molar-refractivity contribution in [1.29, 1.82) is 0 Å². The number of para-hydroxylation sites is 1. The van der Waals surface area contributed by atoms with Crippen molar-refractivity contribution in [2.75, 3.05) is 45.9 Å². The third kappa shape index (κ3) is 5.05. The number of benzene rings is 1. The van der Waals surface area contributed by atoms with Gasteiger partial charge in [-0.3, -0.25) is 19.3 Å². The summed E-state index contributed by atoms with van der Waals surface area (Å²) in [4.78, 5) is 42.9. The number of carbonyl (C=O) groups excluding carboxylic acids is 2. The van der Waals surface area contributed by atoms with Gasteiger partial charge < -0.3 is 19.5 Å². The normalized spacial score (nSPS) is 18.6. The van der Waals surface area contributed by atoms with Crippen LogP contribution in [0.15, 0.2) is 47.5 Å². The highest BCUT2D eigenvalue weighted by molar-refractivity contribution is 6.00. The first-order valence-electron chi connectivity index (χ1n) is 12.6. The lowest BCUT2D eigenvalue weighted by atomic mass is 10.1. The standard InChI is InChI=1S/C26H32N6O4/c1-2-29-16-21(24-22(17-29)26(35)32(28-24)19-7-4-3-5-8-19)25(34)31-12-10-30(11-13-31)18-23(33)27-15-20-9-6-14-36-20/h3-5,7-8,16-17,20H,2,6,9-15,18H2,1H3,(H,27,33)/t20-/m1/s1. The van der Waals surface area contributed by atoms with Crippen LogP contribution in [0.25, 0.3) is 16.9 Å². The van der Waals surface area contributed by atoms with Gasteiger partial charge in [0.25, 0.3) is 11.5 Å². The van der Waals surface area contributed by atoms with E-state index >= 15 is 0 Å². The second-order valence-corrected chi connectivity index (χ2v) is 9.32. The predicted octanol–water partition coefficient (Wildman–Crippen LogP) is 1.21. The molecule has 0 bridgehead atoms. The van der Waals surface area contributed by atoms with Crippen LogP contribution in [0.2, 0.25) is 0 Å². The number of aromatic nitrogens is 3. The molecule has 1 aromatic rings. The van der Waals surface area contributed by atoms with Gasteiger partial charge in [0.1, 0.15) is 5.69 Å². The van der Waals surface area contributed by atoms with E-state index in [9.17, 15) is 14.4 Å². The van der Waals surface area contributed by atoms with Gasteiger partial charge in [-0.1, -0.05) is 18.2 Å². The fourth-order valence-electron chi connectivity index (χ4n) is 4.81. The number of nitrogens with one attached hydrogen (secondary N) is 1. The summed E-state index contributed by atoms with van der Waals surface area (Å²) in [5.74, 6) is -0.170. The topological polar surface area (TPSA) is 102 Å². The van der Waals surface area contributed by atoms with Gasteiger partial charge in [0.2, 0.25) is 5.91 Å². The Balaban J connectivity index is 1.27. The van der Waals surface area contributed by atoms with Crippen molar-refractivity contribution in [2.24, 2.45) is 0 Å². The summed E-state index contributed by atoms with van der Waals surface area (Å²) in [5.41, 5.74) is 1.67. The average Bonchev–Trinajstić information content (AvgIpc) is 3.55. The highest BCUT2D eigenvalue weighted by Crippen LogP contribution is 2.24. The molecule has 4 aliphatic rings. The molecule has 190 valence electrons. The second-order valence-electron chi connectivity index (χ2n) is 9.32. The molecule has 4 aliphatic heterocycles. The molecule has 1 atom stereocenters. The van der Waals surface area contributed by atoms with Gasteiger partial charge in [0, 0.05) is 58.3 Å². The van der Waals surface area contributed by atoms with Crippen LogP contribution in [0.5, 0.6) is 0 Å². The number of fused-ring (bicyclic) bond motifs is 1. The van der Waals surface area contributed by atoms with Crippen LogP contribution in [0.3, 0.4) is 0 Å². The largest absolute Gasteiger partial charge is 0.376 e. The third-order valence-corrected chi connectivity index (χ3v) is 6.90. The first-order chi connectivity index (χ1) is 17.5. The van der Waals surface area contributed by atoms with Gasteiger partial charge >= 0.3 is 0 Å². The molecule has 1 N–H and O–H groups in total. The van der Waals surface area contributed by atoms with Gasteiger partial charge in [0.05, 0.1) is 29.5 Å². The van der Waals surface area contributed by atoms with E-state index in [0.717, 1.165) is 19.4 Å². The number of aryl methyl sites for hydroxylation is 1. The molecule has 0 saturated carbocycles. The van der Waals surface area contributed by atoms with Crippen LogP contribution in [0.1, 0.15) is 30.1 Å². The number of ether oxygens (including phenoxy) is 1. The van der Waals surface area contributed by atoms with Crippen molar-refractivity contribution in [2.45, 2.75) is 32.4 Å². The number of carbonyl (C=O) groups is 2. The molecule has 2 fully saturated rings. The highest BCUT2D eigenvalue weighted by atomic mass is 16.5. The van der Waals surface area contributed by atoms with Crippen LogP contribution in [-0.4, -0.2) is 87.9 Å². The summed E-state index contributed by atoms with van der Waals surface area (Å²) in [5, 5.41) is 7.51. The molecule has 0 radical (unpaired) electrons. The fourth-order valence-corrected chi connectivity index (χ4v) is 4.81. The maximum absolute atomic E-state index is 13.6. The molecular formula is C26H32N6O4. The zero-order chi connectivity index (χ0) is 25.1. The quantitative estimate of drug-likeness (QED) is 0.532. The van der Waals surface area contributed by atoms with E-state index in [4.69, 9.17) is 4.74 Å². The van der Waals surface area contributed by atoms with Crippen molar-refractivity contribution in [3.8, 4) is 16.9 Å². The predicted molar refractivity (Wildman–Crippen MR) is 134 cm³/mol. The van der Waals surface area contributed by atoms with Crippen LogP contribution < -0.4 is 10.9 Å². The summed E-state index contributed by atoms with van der Waals surface area (Å²) < 4.78 is 8.76. The monoisotopic (exact) mass is 492 g/mol. The lowest BCUT2D eigenvalue weighted by molar-refractivity contribution is -0.123. The minimum absolute atomic E-state index is 0.0199. The Morgan fingerprint density at radius 2 is 1.89 bits per heavy atom. The van der Waals surface area contributed by atoms with Gasteiger partial charge in [-0.25, -0.2) is 0 Å². The Morgan fingerprint density at radius 3 is 2.58 bits per heavy atom. The number of pyridine rings is 1. The molecule has 1 aromatic carbocycles. The number of piperazine rings is 1. The fraction of sp³-hybridized carbons (Fsp3) is 0.462. The third-order valence-electron chi connectivity index (χ3n) is 6.90. The number of nitrogens with zero attached hydrogens (tertiary/aromatic N) is 5. The Labute approximate surface area is 209 Å². The molecule has 5 rings (SSSR count). The summed E-state index contributed by atoms with van der Waals surface area (Å²) >= 11 is 0. The SMILES string of the molecule is CCn1cc(C(=O)N2CCN(CC(=O)NC[C@H]3CCCO3)CC2)c2nn(-c3ccccc3)c(=O)c-2c1. The van der Waals surface area contributed by atoms with Crippen molar-refractivity contribution in [3.63, 3.8) is 0 Å². The Bertz CT molecular complexity index is 1240. The molecule has 0 aromatic heterocycles. The second kappa shape index (κ2) is 10.6. The van der Waals surface area contributed by atoms with E-state index < -0.39 is 0 Å². The van der Waals surface area contributed by atoms with Gasteiger partial charge in [-0.15, -0.1) is 0 Å². The minimum atomic E-state index is -0.244. The van der Waals surface area contributed by atoms with Crippen molar-refractivity contribution in [3.05, 3.63) is 58.6 Å². The minimum Gasteiger partial charge on any atom is -0.376 e. The van der Waals surface area contributed by atoms with Crippen molar-refractivity contribution < 1.29 is 14.3 Å². The first kappa shape index (κ1) is 24.2. The Kier molecular flexibility index (Phi) is 7.15. The van der Waals surface area contributed by atoms with Crippen LogP contribution >= 0.6 is 0 Å². The van der Waals surface area contributed by atoms with Gasteiger partial charge in [0.15, 0.2) is 0 Å². The smallest absolute Gasteiger partial charge is 0.282 e.